The van der Waals surface area contributed by atoms with Crippen molar-refractivity contribution in [2.75, 3.05) is 23.9 Å². The van der Waals surface area contributed by atoms with Crippen LogP contribution in [0.1, 0.15) is 12.5 Å². The Balaban J connectivity index is 2.09. The number of anilines is 2. The predicted molar refractivity (Wildman–Crippen MR) is 107 cm³/mol. The van der Waals surface area contributed by atoms with Crippen LogP contribution in [0.5, 0.6) is 5.75 Å². The summed E-state index contributed by atoms with van der Waals surface area (Å²) in [4.78, 5) is 13.5. The van der Waals surface area contributed by atoms with E-state index >= 15 is 0 Å². The molecule has 3 aromatic carbocycles. The number of ether oxygens (including phenoxy) is 1. The molecule has 0 aromatic heterocycles. The number of carbonyl (C=O) groups excluding carboxylic acids is 1. The van der Waals surface area contributed by atoms with Crippen LogP contribution in [-0.4, -0.2) is 26.2 Å². The molecule has 0 aliphatic carbocycles. The summed E-state index contributed by atoms with van der Waals surface area (Å²) in [5.41, 5.74) is 3.61. The zero-order chi connectivity index (χ0) is 20.2. The first-order valence-electron chi connectivity index (χ1n) is 8.92. The van der Waals surface area contributed by atoms with Gasteiger partial charge in [-0.1, -0.05) is 30.3 Å². The lowest BCUT2D eigenvalue weighted by Gasteiger charge is -2.26. The number of benzene rings is 3. The monoisotopic (exact) mass is 382 g/mol. The van der Waals surface area contributed by atoms with E-state index < -0.39 is 12.1 Å². The molecule has 0 bridgehead atoms. The molecule has 1 aliphatic heterocycles. The fourth-order valence-electron chi connectivity index (χ4n) is 3.83. The highest BCUT2D eigenvalue weighted by Gasteiger charge is 2.48. The Morgan fingerprint density at radius 3 is 2.11 bits per heavy atom. The second kappa shape index (κ2) is 6.19. The van der Waals surface area contributed by atoms with Crippen LogP contribution >= 0.6 is 0 Å². The standard InChI is InChI=1S/C22H20F2N2O2/c1-13-10-20(28-14(2)27)16-11-18-19(26(4)22(23,24)25(18)3)12-17(16)21(13)15-8-6-5-7-9-15/h5-12H,1-4H3. The molecular weight excluding hydrogens is 362 g/mol. The number of carbonyl (C=O) groups is 1. The molecular formula is C22H20F2N2O2. The topological polar surface area (TPSA) is 32.8 Å². The Morgan fingerprint density at radius 1 is 0.964 bits per heavy atom. The van der Waals surface area contributed by atoms with Crippen molar-refractivity contribution in [2.45, 2.75) is 20.0 Å². The fraction of sp³-hybridized carbons (Fsp3) is 0.227. The molecule has 0 unspecified atom stereocenters. The zero-order valence-corrected chi connectivity index (χ0v) is 16.1. The van der Waals surface area contributed by atoms with Gasteiger partial charge >= 0.3 is 12.1 Å². The summed E-state index contributed by atoms with van der Waals surface area (Å²) in [5, 5.41) is 1.38. The van der Waals surface area contributed by atoms with Crippen molar-refractivity contribution < 1.29 is 18.3 Å². The minimum absolute atomic E-state index is 0.369. The van der Waals surface area contributed by atoms with E-state index in [0.717, 1.165) is 31.9 Å². The van der Waals surface area contributed by atoms with E-state index in [2.05, 4.69) is 0 Å². The van der Waals surface area contributed by atoms with Crippen LogP contribution in [0, 0.1) is 6.92 Å². The van der Waals surface area contributed by atoms with Gasteiger partial charge in [-0.25, -0.2) is 0 Å². The molecule has 4 nitrogen and oxygen atoms in total. The van der Waals surface area contributed by atoms with Crippen LogP contribution in [0.3, 0.4) is 0 Å². The summed E-state index contributed by atoms with van der Waals surface area (Å²) in [6.07, 6.45) is -3.14. The summed E-state index contributed by atoms with van der Waals surface area (Å²) < 4.78 is 34.5. The van der Waals surface area contributed by atoms with Crippen LogP contribution in [0.15, 0.2) is 48.5 Å². The minimum Gasteiger partial charge on any atom is -0.426 e. The zero-order valence-electron chi connectivity index (χ0n) is 16.1. The highest BCUT2D eigenvalue weighted by molar-refractivity contribution is 6.07. The molecule has 0 radical (unpaired) electrons. The SMILES string of the molecule is CC(=O)Oc1cc(C)c(-c2ccccc2)c2cc3c(cc12)N(C)C(F)(F)N3C. The third kappa shape index (κ3) is 2.59. The largest absolute Gasteiger partial charge is 0.426 e. The van der Waals surface area contributed by atoms with E-state index in [1.54, 1.807) is 18.2 Å². The van der Waals surface area contributed by atoms with Crippen LogP contribution in [-0.2, 0) is 4.79 Å². The van der Waals surface area contributed by atoms with E-state index in [4.69, 9.17) is 4.74 Å². The lowest BCUT2D eigenvalue weighted by atomic mass is 9.92. The van der Waals surface area contributed by atoms with Crippen LogP contribution < -0.4 is 14.5 Å². The van der Waals surface area contributed by atoms with Gasteiger partial charge in [0.15, 0.2) is 0 Å². The fourth-order valence-corrected chi connectivity index (χ4v) is 3.83. The molecule has 6 heteroatoms. The molecule has 0 amide bonds. The Labute approximate surface area is 161 Å². The van der Waals surface area contributed by atoms with Gasteiger partial charge in [-0.2, -0.15) is 8.78 Å². The highest BCUT2D eigenvalue weighted by Crippen LogP contribution is 2.49. The van der Waals surface area contributed by atoms with Crippen LogP contribution in [0.4, 0.5) is 20.2 Å². The van der Waals surface area contributed by atoms with Crippen molar-refractivity contribution in [1.29, 1.82) is 0 Å². The number of halogens is 2. The molecule has 0 saturated heterocycles. The normalized spacial score (nSPS) is 15.1. The lowest BCUT2D eigenvalue weighted by molar-refractivity contribution is -0.131. The van der Waals surface area contributed by atoms with E-state index in [1.165, 1.54) is 21.0 Å². The maximum atomic E-state index is 14.6. The molecule has 3 aromatic rings. The number of aryl methyl sites for hydroxylation is 1. The Hall–Kier alpha value is -3.15. The second-order valence-electron chi connectivity index (χ2n) is 7.04. The molecule has 144 valence electrons. The van der Waals surface area contributed by atoms with Gasteiger partial charge in [-0.15, -0.1) is 0 Å². The molecule has 0 spiro atoms. The highest BCUT2D eigenvalue weighted by atomic mass is 19.3. The average Bonchev–Trinajstić information content (AvgIpc) is 2.81. The molecule has 1 heterocycles. The number of nitrogens with zero attached hydrogens (tertiary/aromatic N) is 2. The van der Waals surface area contributed by atoms with Gasteiger partial charge in [-0.05, 0) is 47.2 Å². The maximum Gasteiger partial charge on any atom is 0.413 e. The van der Waals surface area contributed by atoms with Crippen molar-refractivity contribution in [1.82, 2.24) is 0 Å². The van der Waals surface area contributed by atoms with Crippen molar-refractivity contribution in [3.8, 4) is 16.9 Å². The van der Waals surface area contributed by atoms with Gasteiger partial charge in [0.05, 0.1) is 11.4 Å². The summed E-state index contributed by atoms with van der Waals surface area (Å²) in [6.45, 7) is 3.25. The quantitative estimate of drug-likeness (QED) is 0.347. The molecule has 4 rings (SSSR count). The van der Waals surface area contributed by atoms with Crippen molar-refractivity contribution in [3.05, 3.63) is 54.1 Å². The Bertz CT molecular complexity index is 1100. The molecule has 0 saturated carbocycles. The number of hydrogen-bond donors (Lipinski definition) is 0. The number of alkyl halides is 2. The number of fused-ring (bicyclic) bond motifs is 2. The lowest BCUT2D eigenvalue weighted by Crippen LogP contribution is -2.46. The Morgan fingerprint density at radius 2 is 1.54 bits per heavy atom. The molecule has 0 fully saturated rings. The third-order valence-electron chi connectivity index (χ3n) is 5.24. The molecule has 1 aliphatic rings. The van der Waals surface area contributed by atoms with Crippen LogP contribution in [0.2, 0.25) is 0 Å². The number of esters is 1. The molecule has 0 atom stereocenters. The summed E-state index contributed by atoms with van der Waals surface area (Å²) in [6, 6.07) is 15.0. The molecule has 28 heavy (non-hydrogen) atoms. The van der Waals surface area contributed by atoms with Gasteiger partial charge < -0.3 is 4.74 Å². The van der Waals surface area contributed by atoms with E-state index in [-0.39, 0.29) is 0 Å². The second-order valence-corrected chi connectivity index (χ2v) is 7.04. The average molecular weight is 382 g/mol. The van der Waals surface area contributed by atoms with Gasteiger partial charge in [-0.3, -0.25) is 14.6 Å². The number of rotatable bonds is 2. The first-order valence-corrected chi connectivity index (χ1v) is 8.92. The van der Waals surface area contributed by atoms with Gasteiger partial charge in [0.1, 0.15) is 5.75 Å². The smallest absolute Gasteiger partial charge is 0.413 e. The summed E-state index contributed by atoms with van der Waals surface area (Å²) in [5.74, 6) is -0.0850. The van der Waals surface area contributed by atoms with E-state index in [9.17, 15) is 13.6 Å². The van der Waals surface area contributed by atoms with Gasteiger partial charge in [0.2, 0.25) is 0 Å². The van der Waals surface area contributed by atoms with Crippen LogP contribution in [0.25, 0.3) is 21.9 Å². The van der Waals surface area contributed by atoms with Gasteiger partial charge in [0, 0.05) is 26.4 Å². The van der Waals surface area contributed by atoms with Crippen molar-refractivity contribution in [3.63, 3.8) is 0 Å². The van der Waals surface area contributed by atoms with Crippen molar-refractivity contribution >= 4 is 28.1 Å². The van der Waals surface area contributed by atoms with Crippen molar-refractivity contribution in [2.24, 2.45) is 0 Å². The first-order chi connectivity index (χ1) is 13.2. The van der Waals surface area contributed by atoms with Gasteiger partial charge in [0.25, 0.3) is 0 Å². The van der Waals surface area contributed by atoms with E-state index in [1.807, 2.05) is 37.3 Å². The van der Waals surface area contributed by atoms with E-state index in [0.29, 0.717) is 22.5 Å². The first kappa shape index (κ1) is 18.2. The third-order valence-corrected chi connectivity index (χ3v) is 5.24. The minimum atomic E-state index is -3.14. The maximum absolute atomic E-state index is 14.6. The summed E-state index contributed by atoms with van der Waals surface area (Å²) >= 11 is 0. The number of hydrogen-bond acceptors (Lipinski definition) is 4. The molecule has 0 N–H and O–H groups in total. The summed E-state index contributed by atoms with van der Waals surface area (Å²) in [7, 11) is 2.73. The Kier molecular flexibility index (Phi) is 4.03. The predicted octanol–water partition coefficient (Wildman–Crippen LogP) is 5.18.